The van der Waals surface area contributed by atoms with E-state index < -0.39 is 0 Å². The van der Waals surface area contributed by atoms with Crippen molar-refractivity contribution in [3.8, 4) is 0 Å². The number of rotatable bonds is 7. The second kappa shape index (κ2) is 7.05. The van der Waals surface area contributed by atoms with Gasteiger partial charge in [0, 0.05) is 28.9 Å². The van der Waals surface area contributed by atoms with Crippen LogP contribution >= 0.6 is 11.3 Å². The zero-order chi connectivity index (χ0) is 12.0. The van der Waals surface area contributed by atoms with Gasteiger partial charge in [-0.1, -0.05) is 13.8 Å². The summed E-state index contributed by atoms with van der Waals surface area (Å²) in [5.41, 5.74) is 0. The van der Waals surface area contributed by atoms with Gasteiger partial charge in [-0.2, -0.15) is 0 Å². The minimum atomic E-state index is 0.422. The summed E-state index contributed by atoms with van der Waals surface area (Å²) < 4.78 is 5.20. The molecular formula is C13H23NOS. The van der Waals surface area contributed by atoms with Crippen LogP contribution in [0.3, 0.4) is 0 Å². The summed E-state index contributed by atoms with van der Waals surface area (Å²) in [4.78, 5) is 2.88. The number of nitrogens with one attached hydrogen (secondary N) is 1. The zero-order valence-corrected chi connectivity index (χ0v) is 11.6. The fraction of sp³-hybridized carbons (Fsp3) is 0.692. The van der Waals surface area contributed by atoms with Gasteiger partial charge in [-0.15, -0.1) is 11.3 Å². The average Bonchev–Trinajstić information content (AvgIpc) is 2.76. The lowest BCUT2D eigenvalue weighted by Crippen LogP contribution is -2.34. The molecule has 1 aromatic rings. The van der Waals surface area contributed by atoms with E-state index in [0.717, 1.165) is 19.4 Å². The van der Waals surface area contributed by atoms with Gasteiger partial charge in [0.25, 0.3) is 0 Å². The highest BCUT2D eigenvalue weighted by atomic mass is 32.1. The van der Waals surface area contributed by atoms with E-state index in [2.05, 4.69) is 38.2 Å². The maximum atomic E-state index is 5.20. The molecule has 2 nitrogen and oxygen atoms in total. The third-order valence-electron chi connectivity index (χ3n) is 2.80. The molecule has 0 saturated carbocycles. The molecule has 1 aromatic heterocycles. The molecule has 2 unspecified atom stereocenters. The van der Waals surface area contributed by atoms with Crippen LogP contribution in [-0.2, 0) is 11.2 Å². The topological polar surface area (TPSA) is 21.3 Å². The van der Waals surface area contributed by atoms with Crippen LogP contribution in [0.4, 0.5) is 0 Å². The first-order valence-corrected chi connectivity index (χ1v) is 6.86. The predicted octanol–water partition coefficient (Wildman–Crippen LogP) is 3.39. The van der Waals surface area contributed by atoms with E-state index in [1.165, 1.54) is 9.75 Å². The van der Waals surface area contributed by atoms with Gasteiger partial charge in [0.15, 0.2) is 0 Å². The van der Waals surface area contributed by atoms with Gasteiger partial charge in [-0.25, -0.2) is 0 Å². The second-order valence-corrected chi connectivity index (χ2v) is 5.31. The van der Waals surface area contributed by atoms with Gasteiger partial charge in [0.2, 0.25) is 0 Å². The third-order valence-corrected chi connectivity index (χ3v) is 4.22. The van der Waals surface area contributed by atoms with Crippen LogP contribution in [0.1, 0.15) is 43.0 Å². The first-order chi connectivity index (χ1) is 7.71. The predicted molar refractivity (Wildman–Crippen MR) is 71.2 cm³/mol. The SMILES string of the molecule is CCc1ccc(C(C)NC(CC)COC)s1. The Morgan fingerprint density at radius 1 is 1.38 bits per heavy atom. The number of thiophene rings is 1. The Balaban J connectivity index is 2.52. The van der Waals surface area contributed by atoms with Gasteiger partial charge < -0.3 is 10.1 Å². The van der Waals surface area contributed by atoms with E-state index >= 15 is 0 Å². The highest BCUT2D eigenvalue weighted by molar-refractivity contribution is 7.12. The number of hydrogen-bond acceptors (Lipinski definition) is 3. The fourth-order valence-corrected chi connectivity index (χ4v) is 2.70. The first-order valence-electron chi connectivity index (χ1n) is 6.04. The lowest BCUT2D eigenvalue weighted by Gasteiger charge is -2.20. The van der Waals surface area contributed by atoms with Crippen LogP contribution in [0.15, 0.2) is 12.1 Å². The number of methoxy groups -OCH3 is 1. The maximum absolute atomic E-state index is 5.20. The average molecular weight is 241 g/mol. The van der Waals surface area contributed by atoms with Crippen molar-refractivity contribution < 1.29 is 4.74 Å². The normalized spacial score (nSPS) is 15.0. The van der Waals surface area contributed by atoms with Gasteiger partial charge >= 0.3 is 0 Å². The standard InChI is InChI=1S/C13H23NOS/c1-5-11(9-15-4)14-10(3)13-8-7-12(6-2)16-13/h7-8,10-11,14H,5-6,9H2,1-4H3. The van der Waals surface area contributed by atoms with Crippen molar-refractivity contribution in [1.82, 2.24) is 5.32 Å². The molecule has 1 rings (SSSR count). The van der Waals surface area contributed by atoms with Crippen molar-refractivity contribution >= 4 is 11.3 Å². The van der Waals surface area contributed by atoms with E-state index in [0.29, 0.717) is 12.1 Å². The molecule has 1 N–H and O–H groups in total. The summed E-state index contributed by atoms with van der Waals surface area (Å²) in [7, 11) is 1.76. The highest BCUT2D eigenvalue weighted by Gasteiger charge is 2.13. The minimum absolute atomic E-state index is 0.422. The maximum Gasteiger partial charge on any atom is 0.0615 e. The molecule has 0 fully saturated rings. The summed E-state index contributed by atoms with van der Waals surface area (Å²) in [6.45, 7) is 7.40. The summed E-state index contributed by atoms with van der Waals surface area (Å²) in [6.07, 6.45) is 2.23. The highest BCUT2D eigenvalue weighted by Crippen LogP contribution is 2.23. The number of hydrogen-bond donors (Lipinski definition) is 1. The molecule has 16 heavy (non-hydrogen) atoms. The third kappa shape index (κ3) is 3.89. The summed E-state index contributed by atoms with van der Waals surface area (Å²) in [5.74, 6) is 0. The van der Waals surface area contributed by atoms with E-state index in [9.17, 15) is 0 Å². The molecule has 0 amide bonds. The zero-order valence-electron chi connectivity index (χ0n) is 10.7. The molecule has 0 aliphatic carbocycles. The summed E-state index contributed by atoms with van der Waals surface area (Å²) >= 11 is 1.91. The minimum Gasteiger partial charge on any atom is -0.383 e. The monoisotopic (exact) mass is 241 g/mol. The van der Waals surface area contributed by atoms with E-state index in [1.807, 2.05) is 11.3 Å². The number of aryl methyl sites for hydroxylation is 1. The van der Waals surface area contributed by atoms with E-state index in [-0.39, 0.29) is 0 Å². The summed E-state index contributed by atoms with van der Waals surface area (Å²) in [6, 6.07) is 5.34. The Labute approximate surface area is 103 Å². The van der Waals surface area contributed by atoms with Crippen molar-refractivity contribution in [1.29, 1.82) is 0 Å². The fourth-order valence-electron chi connectivity index (χ4n) is 1.74. The second-order valence-electron chi connectivity index (χ2n) is 4.11. The lowest BCUT2D eigenvalue weighted by atomic mass is 10.2. The molecule has 92 valence electrons. The molecule has 0 bridgehead atoms. The van der Waals surface area contributed by atoms with Crippen LogP contribution in [0.25, 0.3) is 0 Å². The molecule has 0 saturated heterocycles. The van der Waals surface area contributed by atoms with Gasteiger partial charge in [-0.05, 0) is 31.9 Å². The van der Waals surface area contributed by atoms with Crippen molar-refractivity contribution in [2.24, 2.45) is 0 Å². The van der Waals surface area contributed by atoms with Crippen LogP contribution < -0.4 is 5.32 Å². The van der Waals surface area contributed by atoms with E-state index in [1.54, 1.807) is 7.11 Å². The van der Waals surface area contributed by atoms with Crippen LogP contribution in [0.2, 0.25) is 0 Å². The number of ether oxygens (including phenoxy) is 1. The lowest BCUT2D eigenvalue weighted by molar-refractivity contribution is 0.160. The Morgan fingerprint density at radius 3 is 2.62 bits per heavy atom. The van der Waals surface area contributed by atoms with Crippen LogP contribution in [-0.4, -0.2) is 19.8 Å². The van der Waals surface area contributed by atoms with Gasteiger partial charge in [0.05, 0.1) is 6.61 Å². The Hall–Kier alpha value is -0.380. The molecule has 3 heteroatoms. The smallest absolute Gasteiger partial charge is 0.0615 e. The molecule has 2 atom stereocenters. The molecular weight excluding hydrogens is 218 g/mol. The first kappa shape index (κ1) is 13.7. The molecule has 0 spiro atoms. The molecule has 0 aliphatic rings. The van der Waals surface area contributed by atoms with Gasteiger partial charge in [-0.3, -0.25) is 0 Å². The van der Waals surface area contributed by atoms with Crippen molar-refractivity contribution in [3.05, 3.63) is 21.9 Å². The molecule has 0 aliphatic heterocycles. The molecule has 0 aromatic carbocycles. The quantitative estimate of drug-likeness (QED) is 0.790. The van der Waals surface area contributed by atoms with Crippen molar-refractivity contribution in [3.63, 3.8) is 0 Å². The van der Waals surface area contributed by atoms with Crippen molar-refractivity contribution in [2.45, 2.75) is 45.7 Å². The van der Waals surface area contributed by atoms with Gasteiger partial charge in [0.1, 0.15) is 0 Å². The Bertz CT molecular complexity index is 298. The Kier molecular flexibility index (Phi) is 6.03. The summed E-state index contributed by atoms with van der Waals surface area (Å²) in [5, 5.41) is 3.61. The van der Waals surface area contributed by atoms with Crippen LogP contribution in [0, 0.1) is 0 Å². The van der Waals surface area contributed by atoms with Crippen LogP contribution in [0.5, 0.6) is 0 Å². The largest absolute Gasteiger partial charge is 0.383 e. The van der Waals surface area contributed by atoms with Crippen molar-refractivity contribution in [2.75, 3.05) is 13.7 Å². The Morgan fingerprint density at radius 2 is 2.12 bits per heavy atom. The molecule has 0 radical (unpaired) electrons. The van der Waals surface area contributed by atoms with E-state index in [4.69, 9.17) is 4.74 Å². The molecule has 1 heterocycles.